The molecule has 1 radical (unpaired) electrons. The summed E-state index contributed by atoms with van der Waals surface area (Å²) in [6.45, 7) is 3.72. The molecular weight excluding hydrogens is 353 g/mol. The van der Waals surface area contributed by atoms with Gasteiger partial charge in [-0.25, -0.2) is 4.79 Å². The maximum atomic E-state index is 12.3. The van der Waals surface area contributed by atoms with Gasteiger partial charge in [-0.1, -0.05) is 36.9 Å². The zero-order valence-electron chi connectivity index (χ0n) is 13.7. The molecule has 0 bridgehead atoms. The summed E-state index contributed by atoms with van der Waals surface area (Å²) in [4.78, 5) is 37.2. The number of amides is 2. The monoisotopic (exact) mass is 370 g/mol. The number of aliphatic carboxylic acids is 1. The van der Waals surface area contributed by atoms with Crippen LogP contribution in [0.5, 0.6) is 0 Å². The molecule has 3 rings (SSSR count). The summed E-state index contributed by atoms with van der Waals surface area (Å²) in [6, 6.07) is 6.17. The summed E-state index contributed by atoms with van der Waals surface area (Å²) in [6.07, 6.45) is 0. The molecule has 0 saturated carbocycles. The topological polar surface area (TPSA) is 113 Å². The van der Waals surface area contributed by atoms with Gasteiger partial charge >= 0.3 is 5.97 Å². The first-order valence-corrected chi connectivity index (χ1v) is 8.42. The predicted molar refractivity (Wildman–Crippen MR) is 94.7 cm³/mol. The van der Waals surface area contributed by atoms with Gasteiger partial charge in [0.1, 0.15) is 17.5 Å². The van der Waals surface area contributed by atoms with E-state index in [1.165, 1.54) is 16.7 Å². The van der Waals surface area contributed by atoms with Crippen molar-refractivity contribution in [2.45, 2.75) is 23.5 Å². The maximum absolute atomic E-state index is 12.3. The van der Waals surface area contributed by atoms with Gasteiger partial charge in [0.25, 0.3) is 0 Å². The van der Waals surface area contributed by atoms with Gasteiger partial charge in [0, 0.05) is 35.3 Å². The van der Waals surface area contributed by atoms with E-state index in [9.17, 15) is 19.5 Å². The van der Waals surface area contributed by atoms with Crippen LogP contribution in [0.4, 0.5) is 0 Å². The third kappa shape index (κ3) is 3.63. The van der Waals surface area contributed by atoms with Crippen molar-refractivity contribution in [1.82, 2.24) is 10.2 Å². The fourth-order valence-corrected chi connectivity index (χ4v) is 4.19. The first-order chi connectivity index (χ1) is 11.4. The summed E-state index contributed by atoms with van der Waals surface area (Å²) in [5.41, 5.74) is 7.04. The van der Waals surface area contributed by atoms with Crippen molar-refractivity contribution in [1.29, 1.82) is 0 Å². The van der Waals surface area contributed by atoms with Gasteiger partial charge in [0.15, 0.2) is 6.04 Å². The van der Waals surface area contributed by atoms with Gasteiger partial charge in [0.05, 0.1) is 0 Å². The summed E-state index contributed by atoms with van der Waals surface area (Å²) >= 11 is 1.39. The quantitative estimate of drug-likeness (QED) is 0.382. The maximum Gasteiger partial charge on any atom is 0.330 e. The van der Waals surface area contributed by atoms with Crippen LogP contribution in [-0.4, -0.2) is 80.6 Å². The normalized spacial score (nSPS) is 26.0. The molecule has 2 heterocycles. The molecule has 4 N–H and O–H groups in total. The number of nitrogens with zero attached hydrogens (tertiary/aromatic N) is 1. The molecule has 9 heteroatoms. The Labute approximate surface area is 171 Å². The third-order valence-electron chi connectivity index (χ3n) is 4.16. The number of carbonyl (C=O) groups is 3. The minimum atomic E-state index is -1.11. The van der Waals surface area contributed by atoms with E-state index in [0.717, 1.165) is 0 Å². The summed E-state index contributed by atoms with van der Waals surface area (Å²) in [7, 11) is 0. The molecule has 0 aromatic heterocycles. The average Bonchev–Trinajstić information content (AvgIpc) is 2.59. The van der Waals surface area contributed by atoms with Crippen LogP contribution in [0.25, 0.3) is 0 Å². The molecule has 127 valence electrons. The van der Waals surface area contributed by atoms with Crippen LogP contribution >= 0.6 is 11.8 Å². The van der Waals surface area contributed by atoms with Gasteiger partial charge in [-0.3, -0.25) is 9.59 Å². The van der Waals surface area contributed by atoms with Gasteiger partial charge < -0.3 is 21.1 Å². The smallest absolute Gasteiger partial charge is 0.330 e. The van der Waals surface area contributed by atoms with Crippen LogP contribution < -0.4 is 11.1 Å². The van der Waals surface area contributed by atoms with E-state index in [1.807, 2.05) is 6.07 Å². The van der Waals surface area contributed by atoms with E-state index < -0.39 is 41.3 Å². The Morgan fingerprint density at radius 2 is 2.00 bits per heavy atom. The van der Waals surface area contributed by atoms with Gasteiger partial charge in [-0.05, 0) is 11.1 Å². The van der Waals surface area contributed by atoms with E-state index in [4.69, 9.17) is 5.73 Å². The van der Waals surface area contributed by atoms with E-state index in [1.54, 1.807) is 24.3 Å². The van der Waals surface area contributed by atoms with Crippen LogP contribution in [0.15, 0.2) is 42.5 Å². The molecule has 2 aliphatic heterocycles. The summed E-state index contributed by atoms with van der Waals surface area (Å²) in [5, 5.41) is 11.5. The molecule has 2 saturated heterocycles. The van der Waals surface area contributed by atoms with Crippen LogP contribution in [0.3, 0.4) is 0 Å². The fraction of sp³-hybridized carbons (Fsp3) is 0.312. The minimum absolute atomic E-state index is 0. The molecule has 4 atom stereocenters. The van der Waals surface area contributed by atoms with Crippen LogP contribution in [-0.2, 0) is 14.4 Å². The van der Waals surface area contributed by atoms with Crippen molar-refractivity contribution in [3.05, 3.63) is 48.0 Å². The number of β-lactam (4-membered cyclic amide) rings is 1. The van der Waals surface area contributed by atoms with Crippen LogP contribution in [0, 0.1) is 0 Å². The molecule has 0 aliphatic carbocycles. The van der Waals surface area contributed by atoms with E-state index in [2.05, 4.69) is 11.9 Å². The van der Waals surface area contributed by atoms with Crippen LogP contribution in [0.1, 0.15) is 11.6 Å². The molecule has 7 nitrogen and oxygen atoms in total. The Kier molecular flexibility index (Phi) is 6.34. The Bertz CT molecular complexity index is 715. The van der Waals surface area contributed by atoms with Crippen molar-refractivity contribution in [3.63, 3.8) is 0 Å². The first kappa shape index (κ1) is 20.0. The number of hydrogen-bond acceptors (Lipinski definition) is 5. The second kappa shape index (κ2) is 7.92. The van der Waals surface area contributed by atoms with Crippen molar-refractivity contribution in [2.24, 2.45) is 5.73 Å². The van der Waals surface area contributed by atoms with Gasteiger partial charge in [0.2, 0.25) is 11.8 Å². The molecule has 0 spiro atoms. The molecule has 2 aliphatic rings. The number of carbonyl (C=O) groups excluding carboxylic acids is 2. The standard InChI is InChI=1S/C16H17N3O4S.Na/c1-8-7-24-15-11(14(21)19(15)12(8)16(22)23)18-13(20)10(17)9-5-3-2-4-6-9;/h2-6,10-12,15H,1,7,17H2,(H,18,20)(H,22,23);/t10-,11-,12?,15-;/m1./s1. The third-order valence-corrected chi connectivity index (χ3v) is 5.54. The molecule has 25 heavy (non-hydrogen) atoms. The molecule has 1 aromatic rings. The molecular formula is C16H17N3NaO4S. The summed E-state index contributed by atoms with van der Waals surface area (Å²) in [5.74, 6) is -1.56. The Hall–Kier alpha value is -1.32. The van der Waals surface area contributed by atoms with Crippen molar-refractivity contribution in [3.8, 4) is 0 Å². The van der Waals surface area contributed by atoms with Gasteiger partial charge in [-0.2, -0.15) is 0 Å². The van der Waals surface area contributed by atoms with Gasteiger partial charge in [-0.15, -0.1) is 11.8 Å². The number of carboxylic acid groups (broad SMARTS) is 1. The number of hydrogen-bond donors (Lipinski definition) is 3. The molecule has 2 amide bonds. The van der Waals surface area contributed by atoms with Crippen molar-refractivity contribution in [2.75, 3.05) is 5.75 Å². The average molecular weight is 370 g/mol. The number of nitrogens with two attached hydrogens (primary N) is 1. The SMILES string of the molecule is C=C1CS[C@@H]2[C@H](NC(=O)[C@H](N)c3ccccc3)C(=O)N2C1C(=O)O.[Na]. The number of thioether (sulfide) groups is 1. The number of fused-ring (bicyclic) bond motifs is 1. The molecule has 1 unspecified atom stereocenters. The second-order valence-corrected chi connectivity index (χ2v) is 6.83. The first-order valence-electron chi connectivity index (χ1n) is 7.37. The van der Waals surface area contributed by atoms with E-state index in [-0.39, 0.29) is 29.6 Å². The van der Waals surface area contributed by atoms with Crippen molar-refractivity contribution >= 4 is 59.1 Å². The summed E-state index contributed by atoms with van der Waals surface area (Å²) < 4.78 is 0. The molecule has 2 fully saturated rings. The van der Waals surface area contributed by atoms with Crippen LogP contribution in [0.2, 0.25) is 0 Å². The fourth-order valence-electron chi connectivity index (χ4n) is 2.89. The Morgan fingerprint density at radius 3 is 2.60 bits per heavy atom. The number of rotatable bonds is 4. The largest absolute Gasteiger partial charge is 0.479 e. The molecule has 1 aromatic carbocycles. The predicted octanol–water partition coefficient (Wildman–Crippen LogP) is -0.285. The Balaban J connectivity index is 0.00000225. The minimum Gasteiger partial charge on any atom is -0.479 e. The number of nitrogens with one attached hydrogen (secondary N) is 1. The van der Waals surface area contributed by atoms with Crippen molar-refractivity contribution < 1.29 is 19.5 Å². The Morgan fingerprint density at radius 1 is 1.36 bits per heavy atom. The number of benzene rings is 1. The van der Waals surface area contributed by atoms with E-state index in [0.29, 0.717) is 16.9 Å². The zero-order chi connectivity index (χ0) is 17.4. The zero-order valence-corrected chi connectivity index (χ0v) is 16.5. The second-order valence-electron chi connectivity index (χ2n) is 5.72. The van der Waals surface area contributed by atoms with E-state index >= 15 is 0 Å². The number of carboxylic acids is 1.